The second-order valence-electron chi connectivity index (χ2n) is 3.24. The summed E-state index contributed by atoms with van der Waals surface area (Å²) in [5.74, 6) is -0.483. The predicted octanol–water partition coefficient (Wildman–Crippen LogP) is 0.608. The minimum absolute atomic E-state index is 0.186. The molecular formula is C9H15NO3. The molecule has 0 aromatic heterocycles. The van der Waals surface area contributed by atoms with E-state index in [1.807, 2.05) is 0 Å². The van der Waals surface area contributed by atoms with Gasteiger partial charge in [-0.1, -0.05) is 12.8 Å². The van der Waals surface area contributed by atoms with Gasteiger partial charge in [0.2, 0.25) is 5.91 Å². The molecule has 0 radical (unpaired) electrons. The van der Waals surface area contributed by atoms with E-state index >= 15 is 0 Å². The number of hydrogen-bond acceptors (Lipinski definition) is 3. The van der Waals surface area contributed by atoms with Gasteiger partial charge in [-0.3, -0.25) is 14.9 Å². The smallest absolute Gasteiger partial charge is 0.255 e. The van der Waals surface area contributed by atoms with Crippen LogP contribution in [0.1, 0.15) is 32.1 Å². The zero-order valence-electron chi connectivity index (χ0n) is 7.84. The van der Waals surface area contributed by atoms with Crippen LogP contribution in [0.25, 0.3) is 0 Å². The Balaban J connectivity index is 2.55. The molecule has 1 fully saturated rings. The Morgan fingerprint density at radius 1 is 1.31 bits per heavy atom. The second kappa shape index (κ2) is 4.97. The van der Waals surface area contributed by atoms with Gasteiger partial charge in [0.05, 0.1) is 0 Å². The molecule has 13 heavy (non-hydrogen) atoms. The van der Waals surface area contributed by atoms with E-state index in [4.69, 9.17) is 4.74 Å². The summed E-state index contributed by atoms with van der Waals surface area (Å²) in [6.07, 6.45) is 3.48. The summed E-state index contributed by atoms with van der Waals surface area (Å²) in [4.78, 5) is 22.4. The summed E-state index contributed by atoms with van der Waals surface area (Å²) in [5, 5.41) is 2.32. The Morgan fingerprint density at radius 2 is 2.08 bits per heavy atom. The Morgan fingerprint density at radius 3 is 2.77 bits per heavy atom. The summed E-state index contributed by atoms with van der Waals surface area (Å²) in [6.45, 7) is 0. The van der Waals surface area contributed by atoms with Crippen LogP contribution >= 0.6 is 0 Å². The van der Waals surface area contributed by atoms with Crippen LogP contribution in [0.4, 0.5) is 0 Å². The van der Waals surface area contributed by atoms with E-state index in [1.165, 1.54) is 7.11 Å². The molecule has 1 aliphatic heterocycles. The number of imide groups is 1. The van der Waals surface area contributed by atoms with Crippen molar-refractivity contribution in [2.45, 2.75) is 38.2 Å². The lowest BCUT2D eigenvalue weighted by Crippen LogP contribution is -2.38. The van der Waals surface area contributed by atoms with Crippen LogP contribution in [-0.2, 0) is 14.3 Å². The highest BCUT2D eigenvalue weighted by molar-refractivity contribution is 5.97. The highest BCUT2D eigenvalue weighted by Gasteiger charge is 2.20. The summed E-state index contributed by atoms with van der Waals surface area (Å²) in [7, 11) is 1.49. The maximum Gasteiger partial charge on any atom is 0.255 e. The van der Waals surface area contributed by atoms with Crippen molar-refractivity contribution >= 4 is 11.8 Å². The Kier molecular flexibility index (Phi) is 3.89. The van der Waals surface area contributed by atoms with Crippen LogP contribution in [-0.4, -0.2) is 25.0 Å². The van der Waals surface area contributed by atoms with Crippen LogP contribution in [0.3, 0.4) is 0 Å². The number of rotatable bonds is 1. The monoisotopic (exact) mass is 185 g/mol. The number of hydrogen-bond donors (Lipinski definition) is 1. The zero-order valence-corrected chi connectivity index (χ0v) is 7.84. The maximum absolute atomic E-state index is 11.3. The standard InChI is InChI=1S/C9H15NO3/c1-13-7-5-3-2-4-6-8(11)10-9(7)12/h7H,2-6H2,1H3,(H,10,11,12). The van der Waals surface area contributed by atoms with E-state index in [2.05, 4.69) is 5.32 Å². The molecular weight excluding hydrogens is 170 g/mol. The molecule has 0 saturated carbocycles. The summed E-state index contributed by atoms with van der Waals surface area (Å²) in [5.41, 5.74) is 0. The summed E-state index contributed by atoms with van der Waals surface area (Å²) in [6, 6.07) is 0. The van der Waals surface area contributed by atoms with Crippen LogP contribution < -0.4 is 5.32 Å². The third-order valence-corrected chi connectivity index (χ3v) is 2.21. The van der Waals surface area contributed by atoms with E-state index in [0.717, 1.165) is 19.3 Å². The molecule has 0 bridgehead atoms. The van der Waals surface area contributed by atoms with Gasteiger partial charge in [0, 0.05) is 13.5 Å². The lowest BCUT2D eigenvalue weighted by atomic mass is 10.1. The van der Waals surface area contributed by atoms with Crippen molar-refractivity contribution in [2.24, 2.45) is 0 Å². The molecule has 2 amide bonds. The number of nitrogens with one attached hydrogen (secondary N) is 1. The molecule has 0 aromatic rings. The van der Waals surface area contributed by atoms with Gasteiger partial charge in [0.15, 0.2) is 0 Å². The fraction of sp³-hybridized carbons (Fsp3) is 0.778. The molecule has 0 aliphatic carbocycles. The lowest BCUT2D eigenvalue weighted by Gasteiger charge is -2.12. The van der Waals surface area contributed by atoms with Gasteiger partial charge in [0.1, 0.15) is 6.10 Å². The first-order chi connectivity index (χ1) is 6.24. The molecule has 1 rings (SSSR count). The van der Waals surface area contributed by atoms with Gasteiger partial charge >= 0.3 is 0 Å². The van der Waals surface area contributed by atoms with Gasteiger partial charge in [-0.15, -0.1) is 0 Å². The third kappa shape index (κ3) is 3.14. The first-order valence-corrected chi connectivity index (χ1v) is 4.60. The summed E-state index contributed by atoms with van der Waals surface area (Å²) < 4.78 is 4.98. The van der Waals surface area contributed by atoms with E-state index < -0.39 is 6.10 Å². The van der Waals surface area contributed by atoms with E-state index in [9.17, 15) is 9.59 Å². The van der Waals surface area contributed by atoms with Crippen LogP contribution in [0.5, 0.6) is 0 Å². The molecule has 1 aliphatic rings. The van der Waals surface area contributed by atoms with Crippen LogP contribution in [0.15, 0.2) is 0 Å². The van der Waals surface area contributed by atoms with Crippen molar-refractivity contribution < 1.29 is 14.3 Å². The topological polar surface area (TPSA) is 55.4 Å². The molecule has 0 aromatic carbocycles. The second-order valence-corrected chi connectivity index (χ2v) is 3.24. The van der Waals surface area contributed by atoms with Crippen LogP contribution in [0.2, 0.25) is 0 Å². The SMILES string of the molecule is COC1CCCCCC(=O)NC1=O. The van der Waals surface area contributed by atoms with E-state index in [-0.39, 0.29) is 11.8 Å². The largest absolute Gasteiger partial charge is 0.372 e. The van der Waals surface area contributed by atoms with Crippen LogP contribution in [0, 0.1) is 0 Å². The van der Waals surface area contributed by atoms with Crippen molar-refractivity contribution in [1.82, 2.24) is 5.32 Å². The van der Waals surface area contributed by atoms with Gasteiger partial charge in [-0.05, 0) is 12.8 Å². The van der Waals surface area contributed by atoms with E-state index in [1.54, 1.807) is 0 Å². The molecule has 4 heteroatoms. The molecule has 74 valence electrons. The Hall–Kier alpha value is -0.900. The number of methoxy groups -OCH3 is 1. The number of ether oxygens (including phenoxy) is 1. The maximum atomic E-state index is 11.3. The number of carbonyl (C=O) groups excluding carboxylic acids is 2. The quantitative estimate of drug-likeness (QED) is 0.609. The van der Waals surface area contributed by atoms with Gasteiger partial charge in [-0.25, -0.2) is 0 Å². The molecule has 0 spiro atoms. The molecule has 1 unspecified atom stereocenters. The van der Waals surface area contributed by atoms with Crippen molar-refractivity contribution in [1.29, 1.82) is 0 Å². The van der Waals surface area contributed by atoms with Crippen molar-refractivity contribution in [2.75, 3.05) is 7.11 Å². The summed E-state index contributed by atoms with van der Waals surface area (Å²) >= 11 is 0. The Bertz CT molecular complexity index is 203. The Labute approximate surface area is 77.6 Å². The average Bonchev–Trinajstić information content (AvgIpc) is 2.16. The highest BCUT2D eigenvalue weighted by Crippen LogP contribution is 2.10. The average molecular weight is 185 g/mol. The normalized spacial score (nSPS) is 25.8. The van der Waals surface area contributed by atoms with Gasteiger partial charge < -0.3 is 4.74 Å². The zero-order chi connectivity index (χ0) is 9.68. The lowest BCUT2D eigenvalue weighted by molar-refractivity contribution is -0.136. The third-order valence-electron chi connectivity index (χ3n) is 2.21. The van der Waals surface area contributed by atoms with Crippen molar-refractivity contribution in [3.8, 4) is 0 Å². The molecule has 1 saturated heterocycles. The fourth-order valence-electron chi connectivity index (χ4n) is 1.43. The van der Waals surface area contributed by atoms with Crippen molar-refractivity contribution in [3.05, 3.63) is 0 Å². The molecule has 4 nitrogen and oxygen atoms in total. The van der Waals surface area contributed by atoms with Crippen molar-refractivity contribution in [3.63, 3.8) is 0 Å². The number of amides is 2. The molecule has 1 atom stereocenters. The first-order valence-electron chi connectivity index (χ1n) is 4.60. The first kappa shape index (κ1) is 10.2. The van der Waals surface area contributed by atoms with Gasteiger partial charge in [-0.2, -0.15) is 0 Å². The highest BCUT2D eigenvalue weighted by atomic mass is 16.5. The van der Waals surface area contributed by atoms with E-state index in [0.29, 0.717) is 12.8 Å². The number of carbonyl (C=O) groups is 2. The minimum Gasteiger partial charge on any atom is -0.372 e. The predicted molar refractivity (Wildman–Crippen MR) is 47.0 cm³/mol. The molecule has 1 N–H and O–H groups in total. The van der Waals surface area contributed by atoms with Gasteiger partial charge in [0.25, 0.3) is 5.91 Å². The molecule has 1 heterocycles. The minimum atomic E-state index is -0.456. The fourth-order valence-corrected chi connectivity index (χ4v) is 1.43.